The van der Waals surface area contributed by atoms with Gasteiger partial charge in [-0.1, -0.05) is 26.0 Å². The number of piperazine rings is 2. The van der Waals surface area contributed by atoms with Crippen molar-refractivity contribution in [3.63, 3.8) is 0 Å². The maximum Gasteiger partial charge on any atom is 0.246 e. The first-order chi connectivity index (χ1) is 11.7. The summed E-state index contributed by atoms with van der Waals surface area (Å²) in [6, 6.07) is 3.63. The number of halogens is 1. The highest BCUT2D eigenvalue weighted by molar-refractivity contribution is 7.89. The molecule has 2 aliphatic rings. The quantitative estimate of drug-likeness (QED) is 0.824. The number of rotatable bonds is 3. The highest BCUT2D eigenvalue weighted by atomic mass is 32.2. The van der Waals surface area contributed by atoms with Gasteiger partial charge >= 0.3 is 0 Å². The van der Waals surface area contributed by atoms with Crippen molar-refractivity contribution in [2.75, 3.05) is 19.6 Å². The number of hydrogen-bond acceptors (Lipinski definition) is 4. The third-order valence-corrected chi connectivity index (χ3v) is 6.51. The van der Waals surface area contributed by atoms with Gasteiger partial charge in [0.1, 0.15) is 22.8 Å². The molecule has 0 spiro atoms. The number of fused-ring (bicyclic) bond motifs is 1. The van der Waals surface area contributed by atoms with Crippen LogP contribution in [0.4, 0.5) is 4.39 Å². The second kappa shape index (κ2) is 6.38. The monoisotopic (exact) mass is 369 g/mol. The number of carbonyl (C=O) groups excluding carboxylic acids is 2. The van der Waals surface area contributed by atoms with E-state index in [1.54, 1.807) is 0 Å². The number of carbonyl (C=O) groups is 2. The Labute approximate surface area is 145 Å². The van der Waals surface area contributed by atoms with Crippen molar-refractivity contribution in [3.8, 4) is 0 Å². The van der Waals surface area contributed by atoms with E-state index >= 15 is 0 Å². The minimum Gasteiger partial charge on any atom is -0.342 e. The van der Waals surface area contributed by atoms with Gasteiger partial charge in [-0.3, -0.25) is 9.59 Å². The van der Waals surface area contributed by atoms with E-state index in [1.807, 2.05) is 13.8 Å². The van der Waals surface area contributed by atoms with Crippen molar-refractivity contribution < 1.29 is 22.4 Å². The topological polar surface area (TPSA) is 86.8 Å². The van der Waals surface area contributed by atoms with Crippen LogP contribution in [0, 0.1) is 11.7 Å². The van der Waals surface area contributed by atoms with Crippen molar-refractivity contribution >= 4 is 21.8 Å². The minimum atomic E-state index is -4.07. The van der Waals surface area contributed by atoms with Crippen LogP contribution in [0.2, 0.25) is 0 Å². The van der Waals surface area contributed by atoms with E-state index in [1.165, 1.54) is 23.1 Å². The lowest BCUT2D eigenvalue weighted by Gasteiger charge is -2.45. The normalized spacial score (nSPS) is 25.0. The first-order valence-electron chi connectivity index (χ1n) is 8.09. The molecule has 7 nitrogen and oxygen atoms in total. The zero-order chi connectivity index (χ0) is 18.4. The fourth-order valence-electron chi connectivity index (χ4n) is 3.20. The van der Waals surface area contributed by atoms with Gasteiger partial charge < -0.3 is 10.2 Å². The molecule has 9 heteroatoms. The SMILES string of the molecule is CC(C)[C@@H]1NC(=O)[C@H]2CN(S(=O)(=O)c3ccccc3F)CCN2C1=O. The lowest BCUT2D eigenvalue weighted by molar-refractivity contribution is -0.152. The molecule has 2 aliphatic heterocycles. The molecule has 0 aromatic heterocycles. The van der Waals surface area contributed by atoms with Crippen molar-refractivity contribution in [3.05, 3.63) is 30.1 Å². The summed E-state index contributed by atoms with van der Waals surface area (Å²) >= 11 is 0. The molecule has 2 fully saturated rings. The molecule has 136 valence electrons. The summed E-state index contributed by atoms with van der Waals surface area (Å²) in [5, 5.41) is 2.66. The molecule has 0 unspecified atom stereocenters. The predicted octanol–water partition coefficient (Wildman–Crippen LogP) is 0.182. The zero-order valence-corrected chi connectivity index (χ0v) is 14.8. The second-order valence-corrected chi connectivity index (χ2v) is 8.48. The fourth-order valence-corrected chi connectivity index (χ4v) is 4.70. The smallest absolute Gasteiger partial charge is 0.246 e. The molecule has 0 radical (unpaired) electrons. The zero-order valence-electron chi connectivity index (χ0n) is 14.0. The third-order valence-electron chi connectivity index (χ3n) is 4.61. The predicted molar refractivity (Wildman–Crippen MR) is 87.4 cm³/mol. The van der Waals surface area contributed by atoms with Crippen LogP contribution in [0.15, 0.2) is 29.2 Å². The Morgan fingerprint density at radius 3 is 2.52 bits per heavy atom. The number of amides is 2. The maximum atomic E-state index is 13.9. The second-order valence-electron chi connectivity index (χ2n) is 6.57. The van der Waals surface area contributed by atoms with Gasteiger partial charge in [-0.05, 0) is 18.1 Å². The van der Waals surface area contributed by atoms with Crippen LogP contribution in [-0.2, 0) is 19.6 Å². The molecule has 2 atom stereocenters. The van der Waals surface area contributed by atoms with Crippen molar-refractivity contribution in [1.82, 2.24) is 14.5 Å². The summed E-state index contributed by atoms with van der Waals surface area (Å²) < 4.78 is 40.4. The van der Waals surface area contributed by atoms with E-state index in [0.29, 0.717) is 0 Å². The standard InChI is InChI=1S/C16H20FN3O4S/c1-10(2)14-16(22)20-8-7-19(9-12(20)15(21)18-14)25(23,24)13-6-4-3-5-11(13)17/h3-6,10,12,14H,7-9H2,1-2H3,(H,18,21)/t12-,14+/m1/s1. The fraction of sp³-hybridized carbons (Fsp3) is 0.500. The third kappa shape index (κ3) is 3.02. The lowest BCUT2D eigenvalue weighted by Crippen LogP contribution is -2.70. The molecule has 0 saturated carbocycles. The van der Waals surface area contributed by atoms with Crippen molar-refractivity contribution in [2.45, 2.75) is 30.8 Å². The molecule has 2 saturated heterocycles. The molecule has 1 aromatic carbocycles. The number of sulfonamides is 1. The highest BCUT2D eigenvalue weighted by Gasteiger charge is 2.46. The van der Waals surface area contributed by atoms with E-state index in [-0.39, 0.29) is 37.4 Å². The summed E-state index contributed by atoms with van der Waals surface area (Å²) in [7, 11) is -4.07. The van der Waals surface area contributed by atoms with Crippen LogP contribution in [0.5, 0.6) is 0 Å². The Balaban J connectivity index is 1.85. The van der Waals surface area contributed by atoms with Gasteiger partial charge in [0.05, 0.1) is 0 Å². The van der Waals surface area contributed by atoms with Gasteiger partial charge in [-0.2, -0.15) is 4.31 Å². The number of nitrogens with zero attached hydrogens (tertiary/aromatic N) is 2. The average molecular weight is 369 g/mol. The molecule has 0 bridgehead atoms. The molecular weight excluding hydrogens is 349 g/mol. The molecule has 2 amide bonds. The van der Waals surface area contributed by atoms with Gasteiger partial charge in [0.2, 0.25) is 21.8 Å². The van der Waals surface area contributed by atoms with Gasteiger partial charge in [0, 0.05) is 19.6 Å². The van der Waals surface area contributed by atoms with Gasteiger partial charge in [-0.15, -0.1) is 0 Å². The van der Waals surface area contributed by atoms with Gasteiger partial charge in [-0.25, -0.2) is 12.8 Å². The van der Waals surface area contributed by atoms with E-state index in [2.05, 4.69) is 5.32 Å². The first-order valence-corrected chi connectivity index (χ1v) is 9.53. The molecule has 1 aromatic rings. The van der Waals surface area contributed by atoms with E-state index in [0.717, 1.165) is 10.4 Å². The maximum absolute atomic E-state index is 13.9. The highest BCUT2D eigenvalue weighted by Crippen LogP contribution is 2.25. The molecule has 3 rings (SSSR count). The van der Waals surface area contributed by atoms with Crippen LogP contribution in [0.1, 0.15) is 13.8 Å². The minimum absolute atomic E-state index is 0.0248. The summed E-state index contributed by atoms with van der Waals surface area (Å²) in [5.74, 6) is -1.49. The Bertz CT molecular complexity index is 811. The Hall–Kier alpha value is -2.00. The van der Waals surface area contributed by atoms with Gasteiger partial charge in [0.15, 0.2) is 0 Å². The number of nitrogens with one attached hydrogen (secondary N) is 1. The van der Waals surface area contributed by atoms with E-state index < -0.39 is 32.8 Å². The number of hydrogen-bond donors (Lipinski definition) is 1. The lowest BCUT2D eigenvalue weighted by atomic mass is 9.97. The molecule has 1 N–H and O–H groups in total. The molecule has 2 heterocycles. The van der Waals surface area contributed by atoms with Crippen LogP contribution in [0.25, 0.3) is 0 Å². The Morgan fingerprint density at radius 2 is 1.88 bits per heavy atom. The summed E-state index contributed by atoms with van der Waals surface area (Å²) in [6.45, 7) is 3.62. The van der Waals surface area contributed by atoms with Gasteiger partial charge in [0.25, 0.3) is 0 Å². The summed E-state index contributed by atoms with van der Waals surface area (Å²) in [4.78, 5) is 25.9. The largest absolute Gasteiger partial charge is 0.342 e. The van der Waals surface area contributed by atoms with Crippen LogP contribution >= 0.6 is 0 Å². The van der Waals surface area contributed by atoms with Crippen LogP contribution in [0.3, 0.4) is 0 Å². The van der Waals surface area contributed by atoms with E-state index in [9.17, 15) is 22.4 Å². The molecular formula is C16H20FN3O4S. The van der Waals surface area contributed by atoms with Crippen molar-refractivity contribution in [2.24, 2.45) is 5.92 Å². The van der Waals surface area contributed by atoms with Crippen molar-refractivity contribution in [1.29, 1.82) is 0 Å². The Kier molecular flexibility index (Phi) is 4.54. The molecule has 0 aliphatic carbocycles. The number of benzene rings is 1. The first kappa shape index (κ1) is 17.8. The molecule has 25 heavy (non-hydrogen) atoms. The van der Waals surface area contributed by atoms with E-state index in [4.69, 9.17) is 0 Å². The summed E-state index contributed by atoms with van der Waals surface area (Å²) in [5.41, 5.74) is 0. The average Bonchev–Trinajstić information content (AvgIpc) is 2.57. The Morgan fingerprint density at radius 1 is 1.20 bits per heavy atom. The summed E-state index contributed by atoms with van der Waals surface area (Å²) in [6.07, 6.45) is 0. The van der Waals surface area contributed by atoms with Crippen LogP contribution < -0.4 is 5.32 Å². The van der Waals surface area contributed by atoms with Crippen LogP contribution in [-0.4, -0.2) is 61.2 Å².